The largest absolute Gasteiger partial charge is 0.480 e. The zero-order valence-corrected chi connectivity index (χ0v) is 13.1. The maximum atomic E-state index is 13.1. The molecule has 22 heavy (non-hydrogen) atoms. The number of carboxylic acid groups (broad SMARTS) is 1. The predicted octanol–water partition coefficient (Wildman–Crippen LogP) is 2.51. The summed E-state index contributed by atoms with van der Waals surface area (Å²) >= 11 is 5.99. The van der Waals surface area contributed by atoms with Crippen LogP contribution in [0.1, 0.15) is 17.2 Å². The number of carboxylic acids is 1. The summed E-state index contributed by atoms with van der Waals surface area (Å²) in [4.78, 5) is 13.3. The molecule has 0 fully saturated rings. The molecule has 0 aliphatic rings. The van der Waals surface area contributed by atoms with Gasteiger partial charge < -0.3 is 5.11 Å². The SMILES string of the molecule is CN(CCc1cnn(C)c1)C(C(=O)O)c1ccc(F)cc1Cl. The van der Waals surface area contributed by atoms with Gasteiger partial charge in [0.2, 0.25) is 0 Å². The number of hydrogen-bond donors (Lipinski definition) is 1. The molecule has 5 nitrogen and oxygen atoms in total. The van der Waals surface area contributed by atoms with E-state index in [0.717, 1.165) is 11.6 Å². The van der Waals surface area contributed by atoms with E-state index in [1.54, 1.807) is 22.8 Å². The molecule has 0 aliphatic carbocycles. The number of aromatic nitrogens is 2. The summed E-state index contributed by atoms with van der Waals surface area (Å²) in [7, 11) is 3.53. The highest BCUT2D eigenvalue weighted by Gasteiger charge is 2.26. The minimum absolute atomic E-state index is 0.112. The third kappa shape index (κ3) is 3.84. The van der Waals surface area contributed by atoms with Crippen LogP contribution in [0.4, 0.5) is 4.39 Å². The van der Waals surface area contributed by atoms with Gasteiger partial charge in [0.25, 0.3) is 0 Å². The van der Waals surface area contributed by atoms with Crippen molar-refractivity contribution in [2.24, 2.45) is 7.05 Å². The molecule has 0 saturated heterocycles. The Morgan fingerprint density at radius 3 is 2.82 bits per heavy atom. The van der Waals surface area contributed by atoms with Gasteiger partial charge in [-0.05, 0) is 36.7 Å². The van der Waals surface area contributed by atoms with Crippen LogP contribution < -0.4 is 0 Å². The molecule has 1 heterocycles. The van der Waals surface area contributed by atoms with Crippen LogP contribution in [0.15, 0.2) is 30.6 Å². The third-order valence-corrected chi connectivity index (χ3v) is 3.77. The van der Waals surface area contributed by atoms with Crippen molar-refractivity contribution in [2.45, 2.75) is 12.5 Å². The summed E-state index contributed by atoms with van der Waals surface area (Å²) in [6, 6.07) is 2.83. The van der Waals surface area contributed by atoms with Gasteiger partial charge in [0, 0.05) is 24.8 Å². The topological polar surface area (TPSA) is 58.4 Å². The number of rotatable bonds is 6. The van der Waals surface area contributed by atoms with Crippen LogP contribution in [0, 0.1) is 5.82 Å². The van der Waals surface area contributed by atoms with E-state index in [4.69, 9.17) is 11.6 Å². The van der Waals surface area contributed by atoms with Gasteiger partial charge in [0.05, 0.1) is 6.20 Å². The van der Waals surface area contributed by atoms with Crippen molar-refractivity contribution >= 4 is 17.6 Å². The summed E-state index contributed by atoms with van der Waals surface area (Å²) in [6.07, 6.45) is 4.29. The van der Waals surface area contributed by atoms with Gasteiger partial charge >= 0.3 is 5.97 Å². The first-order chi connectivity index (χ1) is 10.4. The minimum atomic E-state index is -1.03. The first-order valence-electron chi connectivity index (χ1n) is 6.74. The van der Waals surface area contributed by atoms with Gasteiger partial charge in [0.1, 0.15) is 11.9 Å². The lowest BCUT2D eigenvalue weighted by molar-refractivity contribution is -0.143. The Balaban J connectivity index is 2.14. The Labute approximate surface area is 132 Å². The van der Waals surface area contributed by atoms with Crippen molar-refractivity contribution in [1.29, 1.82) is 0 Å². The Hall–Kier alpha value is -1.92. The van der Waals surface area contributed by atoms with Crippen molar-refractivity contribution < 1.29 is 14.3 Å². The van der Waals surface area contributed by atoms with Crippen molar-refractivity contribution in [2.75, 3.05) is 13.6 Å². The summed E-state index contributed by atoms with van der Waals surface area (Å²) in [5, 5.41) is 13.7. The Morgan fingerprint density at radius 1 is 1.55 bits per heavy atom. The van der Waals surface area contributed by atoms with Crippen molar-refractivity contribution in [3.05, 3.63) is 52.6 Å². The number of aryl methyl sites for hydroxylation is 1. The fourth-order valence-electron chi connectivity index (χ4n) is 2.32. The standard InChI is InChI=1S/C15H17ClFN3O2/c1-19(6-5-10-8-18-20(2)9-10)14(15(21)22)12-4-3-11(17)7-13(12)16/h3-4,7-9,14H,5-6H2,1-2H3,(H,21,22). The van der Waals surface area contributed by atoms with Gasteiger partial charge in [0.15, 0.2) is 0 Å². The molecule has 0 amide bonds. The van der Waals surface area contributed by atoms with Crippen LogP contribution in [0.3, 0.4) is 0 Å². The monoisotopic (exact) mass is 325 g/mol. The van der Waals surface area contributed by atoms with E-state index in [1.807, 2.05) is 13.2 Å². The molecule has 7 heteroatoms. The van der Waals surface area contributed by atoms with E-state index in [9.17, 15) is 14.3 Å². The number of hydrogen-bond acceptors (Lipinski definition) is 3. The zero-order chi connectivity index (χ0) is 16.3. The molecule has 1 atom stereocenters. The molecule has 0 radical (unpaired) electrons. The molecular formula is C15H17ClFN3O2. The number of aliphatic carboxylic acids is 1. The number of carbonyl (C=O) groups is 1. The van der Waals surface area contributed by atoms with Crippen LogP contribution in [0.25, 0.3) is 0 Å². The average molecular weight is 326 g/mol. The van der Waals surface area contributed by atoms with Crippen LogP contribution in [0.2, 0.25) is 5.02 Å². The van der Waals surface area contributed by atoms with E-state index in [-0.39, 0.29) is 5.02 Å². The quantitative estimate of drug-likeness (QED) is 0.886. The van der Waals surface area contributed by atoms with Crippen molar-refractivity contribution in [3.63, 3.8) is 0 Å². The van der Waals surface area contributed by atoms with Crippen molar-refractivity contribution in [3.8, 4) is 0 Å². The molecule has 1 aromatic carbocycles. The summed E-state index contributed by atoms with van der Waals surface area (Å²) < 4.78 is 14.8. The van der Waals surface area contributed by atoms with Crippen LogP contribution >= 0.6 is 11.6 Å². The second-order valence-corrected chi connectivity index (χ2v) is 5.57. The summed E-state index contributed by atoms with van der Waals surface area (Å²) in [5.74, 6) is -1.52. The van der Waals surface area contributed by atoms with Gasteiger partial charge in [-0.1, -0.05) is 17.7 Å². The first-order valence-corrected chi connectivity index (χ1v) is 7.12. The van der Waals surface area contributed by atoms with Crippen molar-refractivity contribution in [1.82, 2.24) is 14.7 Å². The molecule has 1 N–H and O–H groups in total. The highest BCUT2D eigenvalue weighted by atomic mass is 35.5. The smallest absolute Gasteiger partial charge is 0.325 e. The molecule has 0 aliphatic heterocycles. The maximum absolute atomic E-state index is 13.1. The first kappa shape index (κ1) is 16.5. The number of nitrogens with zero attached hydrogens (tertiary/aromatic N) is 3. The van der Waals surface area contributed by atoms with E-state index in [0.29, 0.717) is 18.5 Å². The lowest BCUT2D eigenvalue weighted by Crippen LogP contribution is -2.32. The van der Waals surface area contributed by atoms with Gasteiger partial charge in [-0.15, -0.1) is 0 Å². The minimum Gasteiger partial charge on any atom is -0.480 e. The predicted molar refractivity (Wildman–Crippen MR) is 81.3 cm³/mol. The highest BCUT2D eigenvalue weighted by Crippen LogP contribution is 2.28. The molecule has 0 saturated carbocycles. The van der Waals surface area contributed by atoms with Crippen LogP contribution in [0.5, 0.6) is 0 Å². The molecule has 1 unspecified atom stereocenters. The zero-order valence-electron chi connectivity index (χ0n) is 12.3. The third-order valence-electron chi connectivity index (χ3n) is 3.44. The second kappa shape index (κ2) is 6.89. The molecule has 2 rings (SSSR count). The lowest BCUT2D eigenvalue weighted by atomic mass is 10.0. The molecule has 118 valence electrons. The highest BCUT2D eigenvalue weighted by molar-refractivity contribution is 6.31. The van der Waals surface area contributed by atoms with Gasteiger partial charge in [-0.25, -0.2) is 4.39 Å². The van der Waals surface area contributed by atoms with Gasteiger partial charge in [-0.2, -0.15) is 5.10 Å². The number of benzene rings is 1. The molecule has 2 aromatic rings. The lowest BCUT2D eigenvalue weighted by Gasteiger charge is -2.25. The molecule has 1 aromatic heterocycles. The van der Waals surface area contributed by atoms with E-state index in [1.165, 1.54) is 12.1 Å². The van der Waals surface area contributed by atoms with E-state index >= 15 is 0 Å². The molecule has 0 spiro atoms. The second-order valence-electron chi connectivity index (χ2n) is 5.16. The average Bonchev–Trinajstić information content (AvgIpc) is 2.85. The summed E-state index contributed by atoms with van der Waals surface area (Å²) in [5.41, 5.74) is 1.40. The normalized spacial score (nSPS) is 12.6. The number of halogens is 2. The summed E-state index contributed by atoms with van der Waals surface area (Å²) in [6.45, 7) is 0.510. The maximum Gasteiger partial charge on any atom is 0.325 e. The molecule has 0 bridgehead atoms. The van der Waals surface area contributed by atoms with Crippen LogP contribution in [-0.4, -0.2) is 39.3 Å². The van der Waals surface area contributed by atoms with Gasteiger partial charge in [-0.3, -0.25) is 14.4 Å². The fraction of sp³-hybridized carbons (Fsp3) is 0.333. The Morgan fingerprint density at radius 2 is 2.27 bits per heavy atom. The Kier molecular flexibility index (Phi) is 5.15. The number of likely N-dealkylation sites (N-methyl/N-ethyl adjacent to an activating group) is 1. The van der Waals surface area contributed by atoms with Crippen LogP contribution in [-0.2, 0) is 18.3 Å². The van der Waals surface area contributed by atoms with E-state index in [2.05, 4.69) is 5.10 Å². The van der Waals surface area contributed by atoms with E-state index < -0.39 is 17.8 Å². The Bertz CT molecular complexity index is 675. The fourth-order valence-corrected chi connectivity index (χ4v) is 2.59. The molecular weight excluding hydrogens is 309 g/mol.